The maximum atomic E-state index is 15.1. The van der Waals surface area contributed by atoms with Crippen LogP contribution in [-0.2, 0) is 4.79 Å². The van der Waals surface area contributed by atoms with Gasteiger partial charge < -0.3 is 10.6 Å². The number of hydrazone groups is 1. The Bertz CT molecular complexity index is 1420. The molecule has 3 aromatic rings. The van der Waals surface area contributed by atoms with E-state index in [0.29, 0.717) is 27.7 Å². The first kappa shape index (κ1) is 26.2. The Hall–Kier alpha value is -4.43. The summed E-state index contributed by atoms with van der Waals surface area (Å²) >= 11 is 6.12. The van der Waals surface area contributed by atoms with Crippen LogP contribution < -0.4 is 15.5 Å². The number of nitrogens with one attached hydrogen (secondary N) is 2. The number of carbonyl (C=O) groups is 2. The Morgan fingerprint density at radius 3 is 2.18 bits per heavy atom. The first-order valence-corrected chi connectivity index (χ1v) is 13.0. The molecule has 3 amide bonds. The van der Waals surface area contributed by atoms with E-state index in [-0.39, 0.29) is 12.1 Å². The number of halogens is 2. The predicted octanol–water partition coefficient (Wildman–Crippen LogP) is 6.44. The van der Waals surface area contributed by atoms with Crippen molar-refractivity contribution in [3.05, 3.63) is 119 Å². The molecule has 1 saturated heterocycles. The van der Waals surface area contributed by atoms with Crippen LogP contribution in [0.15, 0.2) is 114 Å². The molecule has 39 heavy (non-hydrogen) atoms. The van der Waals surface area contributed by atoms with Gasteiger partial charge in [0.2, 0.25) is 0 Å². The van der Waals surface area contributed by atoms with Crippen molar-refractivity contribution in [3.63, 3.8) is 0 Å². The highest BCUT2D eigenvalue weighted by Crippen LogP contribution is 2.31. The molecule has 1 aliphatic carbocycles. The SMILES string of the molecule is O=C(NC1=C(F)CC(=NN2CCC2)C=C1)C(c1ccccc1)N(C(=O)Nc1ccccc1)c1ccc(Cl)cc1. The molecule has 1 fully saturated rings. The van der Waals surface area contributed by atoms with Crippen molar-refractivity contribution in [3.8, 4) is 0 Å². The van der Waals surface area contributed by atoms with E-state index in [1.807, 2.05) is 17.1 Å². The van der Waals surface area contributed by atoms with Gasteiger partial charge in [0.05, 0.1) is 11.4 Å². The van der Waals surface area contributed by atoms with Crippen LogP contribution in [0.2, 0.25) is 5.02 Å². The number of carbonyl (C=O) groups excluding carboxylic acids is 2. The van der Waals surface area contributed by atoms with Gasteiger partial charge in [0.1, 0.15) is 11.9 Å². The monoisotopic (exact) mass is 543 g/mol. The maximum absolute atomic E-state index is 15.1. The van der Waals surface area contributed by atoms with Gasteiger partial charge in [0.15, 0.2) is 0 Å². The van der Waals surface area contributed by atoms with Crippen molar-refractivity contribution in [2.24, 2.45) is 5.10 Å². The largest absolute Gasteiger partial charge is 0.327 e. The number of amides is 3. The molecule has 0 aromatic heterocycles. The molecule has 9 heteroatoms. The van der Waals surface area contributed by atoms with E-state index in [2.05, 4.69) is 15.7 Å². The van der Waals surface area contributed by atoms with Gasteiger partial charge in [-0.2, -0.15) is 5.10 Å². The van der Waals surface area contributed by atoms with Crippen LogP contribution in [0, 0.1) is 0 Å². The smallest absolute Gasteiger partial charge is 0.322 e. The fourth-order valence-corrected chi connectivity index (χ4v) is 4.41. The minimum atomic E-state index is -1.12. The fraction of sp³-hybridized carbons (Fsp3) is 0.167. The molecular weight excluding hydrogens is 517 g/mol. The number of benzene rings is 3. The van der Waals surface area contributed by atoms with E-state index in [1.165, 1.54) is 11.0 Å². The summed E-state index contributed by atoms with van der Waals surface area (Å²) in [6.45, 7) is 1.72. The van der Waals surface area contributed by atoms with Crippen LogP contribution in [0.4, 0.5) is 20.6 Å². The van der Waals surface area contributed by atoms with Crippen molar-refractivity contribution >= 4 is 40.6 Å². The summed E-state index contributed by atoms with van der Waals surface area (Å²) in [5, 5.41) is 12.4. The molecule has 5 rings (SSSR count). The summed E-state index contributed by atoms with van der Waals surface area (Å²) in [6.07, 6.45) is 4.26. The first-order chi connectivity index (χ1) is 19.0. The van der Waals surface area contributed by atoms with Crippen LogP contribution in [-0.4, -0.2) is 35.7 Å². The van der Waals surface area contributed by atoms with Gasteiger partial charge in [-0.05, 0) is 60.5 Å². The molecular formula is C30H27ClFN5O2. The lowest BCUT2D eigenvalue weighted by Gasteiger charge is -2.32. The highest BCUT2D eigenvalue weighted by Gasteiger charge is 2.34. The number of hydrogen-bond acceptors (Lipinski definition) is 4. The average Bonchev–Trinajstić information content (AvgIpc) is 2.92. The molecule has 1 unspecified atom stereocenters. The van der Waals surface area contributed by atoms with Crippen LogP contribution in [0.1, 0.15) is 24.4 Å². The molecule has 3 aromatic carbocycles. The lowest BCUT2D eigenvalue weighted by atomic mass is 10.0. The molecule has 2 N–H and O–H groups in total. The molecule has 1 aliphatic heterocycles. The van der Waals surface area contributed by atoms with Gasteiger partial charge in [0, 0.05) is 35.9 Å². The molecule has 0 spiro atoms. The number of rotatable bonds is 7. The molecule has 198 valence electrons. The minimum absolute atomic E-state index is 0.0198. The van der Waals surface area contributed by atoms with E-state index in [1.54, 1.807) is 78.9 Å². The number of hydrogen-bond donors (Lipinski definition) is 2. The Morgan fingerprint density at radius 2 is 1.56 bits per heavy atom. The maximum Gasteiger partial charge on any atom is 0.327 e. The van der Waals surface area contributed by atoms with Gasteiger partial charge in [-0.3, -0.25) is 14.7 Å². The molecule has 1 heterocycles. The summed E-state index contributed by atoms with van der Waals surface area (Å²) < 4.78 is 15.1. The van der Waals surface area contributed by atoms with Gasteiger partial charge in [-0.15, -0.1) is 0 Å². The number of nitrogens with zero attached hydrogens (tertiary/aromatic N) is 3. The number of urea groups is 1. The quantitative estimate of drug-likeness (QED) is 0.360. The van der Waals surface area contributed by atoms with E-state index >= 15 is 4.39 Å². The highest BCUT2D eigenvalue weighted by atomic mass is 35.5. The van der Waals surface area contributed by atoms with Crippen molar-refractivity contribution in [2.75, 3.05) is 23.3 Å². The van der Waals surface area contributed by atoms with E-state index in [9.17, 15) is 9.59 Å². The first-order valence-electron chi connectivity index (χ1n) is 12.6. The van der Waals surface area contributed by atoms with Crippen molar-refractivity contribution in [1.29, 1.82) is 0 Å². The highest BCUT2D eigenvalue weighted by molar-refractivity contribution is 6.30. The molecule has 0 radical (unpaired) electrons. The molecule has 2 aliphatic rings. The molecule has 0 saturated carbocycles. The number of allylic oxidation sites excluding steroid dienone is 3. The molecule has 0 bridgehead atoms. The summed E-state index contributed by atoms with van der Waals surface area (Å²) in [4.78, 5) is 29.0. The average molecular weight is 544 g/mol. The van der Waals surface area contributed by atoms with Crippen molar-refractivity contribution in [1.82, 2.24) is 10.3 Å². The van der Waals surface area contributed by atoms with Gasteiger partial charge in [-0.1, -0.05) is 60.1 Å². The van der Waals surface area contributed by atoms with E-state index in [4.69, 9.17) is 11.6 Å². The predicted molar refractivity (Wildman–Crippen MR) is 152 cm³/mol. The Morgan fingerprint density at radius 1 is 0.897 bits per heavy atom. The number of para-hydroxylation sites is 1. The van der Waals surface area contributed by atoms with E-state index in [0.717, 1.165) is 19.5 Å². The lowest BCUT2D eigenvalue weighted by molar-refractivity contribution is -0.121. The molecule has 7 nitrogen and oxygen atoms in total. The Balaban J connectivity index is 1.48. The van der Waals surface area contributed by atoms with Crippen LogP contribution in [0.5, 0.6) is 0 Å². The minimum Gasteiger partial charge on any atom is -0.322 e. The van der Waals surface area contributed by atoms with Crippen molar-refractivity contribution < 1.29 is 14.0 Å². The van der Waals surface area contributed by atoms with Crippen LogP contribution in [0.25, 0.3) is 0 Å². The van der Waals surface area contributed by atoms with E-state index < -0.39 is 23.8 Å². The third-order valence-electron chi connectivity index (χ3n) is 6.40. The van der Waals surface area contributed by atoms with Gasteiger partial charge in [-0.25, -0.2) is 9.18 Å². The summed E-state index contributed by atoms with van der Waals surface area (Å²) in [6, 6.07) is 22.8. The summed E-state index contributed by atoms with van der Waals surface area (Å²) in [5.41, 5.74) is 2.19. The second-order valence-electron chi connectivity index (χ2n) is 9.17. The number of anilines is 2. The Labute approximate surface area is 231 Å². The third kappa shape index (κ3) is 6.35. The second-order valence-corrected chi connectivity index (χ2v) is 9.61. The fourth-order valence-electron chi connectivity index (χ4n) is 4.29. The third-order valence-corrected chi connectivity index (χ3v) is 6.65. The molecule has 1 atom stereocenters. The van der Waals surface area contributed by atoms with Gasteiger partial charge in [0.25, 0.3) is 5.91 Å². The zero-order valence-electron chi connectivity index (χ0n) is 21.1. The standard InChI is InChI=1S/C30H27ClFN5O2/c31-22-12-15-25(16-13-22)37(30(39)33-23-10-5-2-6-11-23)28(21-8-3-1-4-9-21)29(38)34-27-17-14-24(20-26(27)32)35-36-18-7-19-36/h1-6,8-17,28H,7,18-20H2,(H,33,39)(H,34,38). The normalized spacial score (nSPS) is 16.5. The summed E-state index contributed by atoms with van der Waals surface area (Å²) in [7, 11) is 0. The van der Waals surface area contributed by atoms with Crippen LogP contribution >= 0.6 is 11.6 Å². The lowest BCUT2D eigenvalue weighted by Crippen LogP contribution is -2.45. The van der Waals surface area contributed by atoms with Gasteiger partial charge >= 0.3 is 6.03 Å². The topological polar surface area (TPSA) is 77.0 Å². The second kappa shape index (κ2) is 12.0. The van der Waals surface area contributed by atoms with Crippen molar-refractivity contribution in [2.45, 2.75) is 18.9 Å². The zero-order valence-corrected chi connectivity index (χ0v) is 21.8. The zero-order chi connectivity index (χ0) is 27.2. The summed E-state index contributed by atoms with van der Waals surface area (Å²) in [5.74, 6) is -1.07. The Kier molecular flexibility index (Phi) is 8.03. The van der Waals surface area contributed by atoms with Crippen LogP contribution in [0.3, 0.4) is 0 Å².